The molecule has 0 unspecified atom stereocenters. The lowest BCUT2D eigenvalue weighted by Crippen LogP contribution is -2.31. The van der Waals surface area contributed by atoms with Crippen LogP contribution < -0.4 is 5.32 Å². The molecule has 3 heteroatoms. The smallest absolute Gasteiger partial charge is 0.0984 e. The van der Waals surface area contributed by atoms with Gasteiger partial charge < -0.3 is 15.3 Å². The van der Waals surface area contributed by atoms with Gasteiger partial charge in [-0.05, 0) is 43.7 Å². The first-order valence-corrected chi connectivity index (χ1v) is 9.00. The van der Waals surface area contributed by atoms with Crippen LogP contribution in [0, 0.1) is 0 Å². The number of aliphatic hydroxyl groups is 1. The van der Waals surface area contributed by atoms with E-state index in [1.165, 1.54) is 0 Å². The van der Waals surface area contributed by atoms with Crippen LogP contribution in [0.2, 0.25) is 0 Å². The Morgan fingerprint density at radius 3 is 1.96 bits per heavy atom. The third kappa shape index (κ3) is 5.45. The lowest BCUT2D eigenvalue weighted by atomic mass is 9.95. The molecule has 2 atom stereocenters. The van der Waals surface area contributed by atoms with E-state index in [1.54, 1.807) is 0 Å². The Bertz CT molecular complexity index is 555. The minimum Gasteiger partial charge on any atom is -0.386 e. The maximum absolute atomic E-state index is 10.9. The number of benzene rings is 2. The quantitative estimate of drug-likeness (QED) is 0.652. The first-order valence-electron chi connectivity index (χ1n) is 9.00. The summed E-state index contributed by atoms with van der Waals surface area (Å²) in [6, 6.07) is 20.0. The third-order valence-corrected chi connectivity index (χ3v) is 4.53. The molecular formula is C21H30N2O. The Labute approximate surface area is 146 Å². The molecule has 2 N–H and O–H groups in total. The third-order valence-electron chi connectivity index (χ3n) is 4.53. The van der Waals surface area contributed by atoms with Gasteiger partial charge in [-0.1, -0.05) is 74.5 Å². The first-order chi connectivity index (χ1) is 11.8. The second kappa shape index (κ2) is 10.2. The van der Waals surface area contributed by atoms with Crippen molar-refractivity contribution in [2.24, 2.45) is 0 Å². The maximum Gasteiger partial charge on any atom is 0.0984 e. The van der Waals surface area contributed by atoms with Crippen LogP contribution >= 0.6 is 0 Å². The fraction of sp³-hybridized carbons (Fsp3) is 0.429. The molecule has 0 aliphatic carbocycles. The normalized spacial score (nSPS) is 13.8. The van der Waals surface area contributed by atoms with E-state index < -0.39 is 6.10 Å². The number of aliphatic hydroxyl groups excluding tert-OH is 1. The van der Waals surface area contributed by atoms with Crippen molar-refractivity contribution < 1.29 is 5.11 Å². The maximum atomic E-state index is 10.9. The Kier molecular flexibility index (Phi) is 7.96. The molecular weight excluding hydrogens is 296 g/mol. The molecule has 130 valence electrons. The van der Waals surface area contributed by atoms with Crippen LogP contribution in [0.1, 0.15) is 43.5 Å². The number of hydrogen-bond acceptors (Lipinski definition) is 3. The van der Waals surface area contributed by atoms with Gasteiger partial charge in [0.2, 0.25) is 0 Å². The summed E-state index contributed by atoms with van der Waals surface area (Å²) in [4.78, 5) is 2.42. The van der Waals surface area contributed by atoms with Crippen LogP contribution in [0.15, 0.2) is 60.7 Å². The van der Waals surface area contributed by atoms with E-state index in [0.29, 0.717) is 0 Å². The zero-order chi connectivity index (χ0) is 17.2. The molecule has 0 amide bonds. The summed E-state index contributed by atoms with van der Waals surface area (Å²) in [6.45, 7) is 8.55. The molecule has 3 nitrogen and oxygen atoms in total. The molecule has 24 heavy (non-hydrogen) atoms. The molecule has 2 aromatic rings. The van der Waals surface area contributed by atoms with Gasteiger partial charge in [0.05, 0.1) is 12.1 Å². The SMILES string of the molecule is CCN(CC)CCCN[C@@H](c1ccccc1)[C@H](O)c1ccccc1. The van der Waals surface area contributed by atoms with Crippen LogP contribution in [0.3, 0.4) is 0 Å². The second-order valence-corrected chi connectivity index (χ2v) is 6.08. The highest BCUT2D eigenvalue weighted by molar-refractivity contribution is 5.26. The summed E-state index contributed by atoms with van der Waals surface area (Å²) in [7, 11) is 0. The molecule has 0 radical (unpaired) electrons. The van der Waals surface area contributed by atoms with Gasteiger partial charge in [0, 0.05) is 0 Å². The van der Waals surface area contributed by atoms with E-state index in [1.807, 2.05) is 48.5 Å². The van der Waals surface area contributed by atoms with Crippen molar-refractivity contribution in [1.82, 2.24) is 10.2 Å². The molecule has 0 bridgehead atoms. The van der Waals surface area contributed by atoms with Crippen LogP contribution in [0.5, 0.6) is 0 Å². The van der Waals surface area contributed by atoms with Gasteiger partial charge >= 0.3 is 0 Å². The summed E-state index contributed by atoms with van der Waals surface area (Å²) in [5, 5.41) is 14.4. The van der Waals surface area contributed by atoms with Gasteiger partial charge in [-0.25, -0.2) is 0 Å². The topological polar surface area (TPSA) is 35.5 Å². The van der Waals surface area contributed by atoms with Crippen molar-refractivity contribution in [1.29, 1.82) is 0 Å². The second-order valence-electron chi connectivity index (χ2n) is 6.08. The fourth-order valence-electron chi connectivity index (χ4n) is 3.01. The van der Waals surface area contributed by atoms with Crippen LogP contribution in [0.4, 0.5) is 0 Å². The summed E-state index contributed by atoms with van der Waals surface area (Å²) in [6.07, 6.45) is 0.522. The highest BCUT2D eigenvalue weighted by atomic mass is 16.3. The lowest BCUT2D eigenvalue weighted by Gasteiger charge is -2.26. The molecule has 0 saturated carbocycles. The Hall–Kier alpha value is -1.68. The molecule has 0 fully saturated rings. The Balaban J connectivity index is 2.01. The van der Waals surface area contributed by atoms with Crippen molar-refractivity contribution in [3.05, 3.63) is 71.8 Å². The minimum absolute atomic E-state index is 0.0923. The monoisotopic (exact) mass is 326 g/mol. The Morgan fingerprint density at radius 2 is 1.42 bits per heavy atom. The van der Waals surface area contributed by atoms with Crippen molar-refractivity contribution in [2.75, 3.05) is 26.2 Å². The predicted molar refractivity (Wildman–Crippen MR) is 101 cm³/mol. The van der Waals surface area contributed by atoms with Gasteiger partial charge in [0.1, 0.15) is 0 Å². The lowest BCUT2D eigenvalue weighted by molar-refractivity contribution is 0.127. The average Bonchev–Trinajstić information content (AvgIpc) is 2.66. The number of nitrogens with one attached hydrogen (secondary N) is 1. The van der Waals surface area contributed by atoms with E-state index >= 15 is 0 Å². The molecule has 0 aromatic heterocycles. The molecule has 0 heterocycles. The molecule has 0 aliphatic heterocycles. The first kappa shape index (κ1) is 18.7. The number of nitrogens with zero attached hydrogens (tertiary/aromatic N) is 1. The molecule has 0 aliphatic rings. The fourth-order valence-corrected chi connectivity index (χ4v) is 3.01. The average molecular weight is 326 g/mol. The zero-order valence-corrected chi connectivity index (χ0v) is 14.9. The standard InChI is InChI=1S/C21H30N2O/c1-3-23(4-2)17-11-16-22-20(18-12-7-5-8-13-18)21(24)19-14-9-6-10-15-19/h5-10,12-15,20-22,24H,3-4,11,16-17H2,1-2H3/t20-,21+/m0/s1. The van der Waals surface area contributed by atoms with E-state index in [-0.39, 0.29) is 6.04 Å². The molecule has 2 aromatic carbocycles. The van der Waals surface area contributed by atoms with Crippen molar-refractivity contribution in [2.45, 2.75) is 32.4 Å². The molecule has 0 spiro atoms. The van der Waals surface area contributed by atoms with Gasteiger partial charge in [0.25, 0.3) is 0 Å². The van der Waals surface area contributed by atoms with Crippen molar-refractivity contribution >= 4 is 0 Å². The summed E-state index contributed by atoms with van der Waals surface area (Å²) in [5.41, 5.74) is 2.07. The van der Waals surface area contributed by atoms with E-state index in [9.17, 15) is 5.11 Å². The highest BCUT2D eigenvalue weighted by Crippen LogP contribution is 2.28. The minimum atomic E-state index is -0.554. The number of rotatable bonds is 10. The largest absolute Gasteiger partial charge is 0.386 e. The van der Waals surface area contributed by atoms with Gasteiger partial charge in [-0.15, -0.1) is 0 Å². The van der Waals surface area contributed by atoms with Gasteiger partial charge in [-0.2, -0.15) is 0 Å². The van der Waals surface area contributed by atoms with Gasteiger partial charge in [0.15, 0.2) is 0 Å². The highest BCUT2D eigenvalue weighted by Gasteiger charge is 2.21. The molecule has 0 saturated heterocycles. The van der Waals surface area contributed by atoms with Gasteiger partial charge in [-0.3, -0.25) is 0 Å². The predicted octanol–water partition coefficient (Wildman–Crippen LogP) is 3.78. The summed E-state index contributed by atoms with van der Waals surface area (Å²) < 4.78 is 0. The van der Waals surface area contributed by atoms with Crippen LogP contribution in [-0.2, 0) is 0 Å². The Morgan fingerprint density at radius 1 is 0.875 bits per heavy atom. The van der Waals surface area contributed by atoms with Crippen molar-refractivity contribution in [3.63, 3.8) is 0 Å². The zero-order valence-electron chi connectivity index (χ0n) is 14.9. The van der Waals surface area contributed by atoms with Crippen LogP contribution in [-0.4, -0.2) is 36.2 Å². The molecule has 2 rings (SSSR count). The summed E-state index contributed by atoms with van der Waals surface area (Å²) >= 11 is 0. The van der Waals surface area contributed by atoms with E-state index in [4.69, 9.17) is 0 Å². The summed E-state index contributed by atoms with van der Waals surface area (Å²) in [5.74, 6) is 0. The number of hydrogen-bond donors (Lipinski definition) is 2. The van der Waals surface area contributed by atoms with E-state index in [2.05, 4.69) is 36.2 Å². The van der Waals surface area contributed by atoms with E-state index in [0.717, 1.165) is 43.7 Å². The van der Waals surface area contributed by atoms with Crippen LogP contribution in [0.25, 0.3) is 0 Å². The van der Waals surface area contributed by atoms with Crippen molar-refractivity contribution in [3.8, 4) is 0 Å².